The maximum Gasteiger partial charge on any atom is 0.251 e. The van der Waals surface area contributed by atoms with Gasteiger partial charge in [-0.2, -0.15) is 0 Å². The summed E-state index contributed by atoms with van der Waals surface area (Å²) in [5.74, 6) is -0.0110. The van der Waals surface area contributed by atoms with Crippen molar-refractivity contribution in [2.45, 2.75) is 45.2 Å². The van der Waals surface area contributed by atoms with Gasteiger partial charge in [-0.05, 0) is 67.0 Å². The van der Waals surface area contributed by atoms with Crippen LogP contribution in [0.4, 0.5) is 0 Å². The monoisotopic (exact) mass is 378 g/mol. The van der Waals surface area contributed by atoms with Crippen molar-refractivity contribution in [3.05, 3.63) is 70.3 Å². The van der Waals surface area contributed by atoms with E-state index in [-0.39, 0.29) is 11.9 Å². The van der Waals surface area contributed by atoms with Crippen molar-refractivity contribution in [2.75, 3.05) is 26.3 Å². The van der Waals surface area contributed by atoms with Crippen LogP contribution in [-0.4, -0.2) is 37.1 Å². The lowest BCUT2D eigenvalue weighted by Gasteiger charge is -2.26. The van der Waals surface area contributed by atoms with E-state index in [4.69, 9.17) is 4.74 Å². The van der Waals surface area contributed by atoms with Crippen LogP contribution < -0.4 is 5.32 Å². The molecule has 1 aliphatic heterocycles. The molecular weight excluding hydrogens is 348 g/mol. The molecule has 1 atom stereocenters. The molecule has 1 fully saturated rings. The van der Waals surface area contributed by atoms with Gasteiger partial charge in [0, 0.05) is 25.2 Å². The van der Waals surface area contributed by atoms with Gasteiger partial charge in [0.25, 0.3) is 5.91 Å². The van der Waals surface area contributed by atoms with Gasteiger partial charge < -0.3 is 10.1 Å². The molecule has 1 N–H and O–H groups in total. The lowest BCUT2D eigenvalue weighted by molar-refractivity contribution is 0.0342. The maximum atomic E-state index is 12.7. The predicted octanol–water partition coefficient (Wildman–Crippen LogP) is 3.89. The first-order chi connectivity index (χ1) is 13.7. The zero-order chi connectivity index (χ0) is 19.3. The maximum absolute atomic E-state index is 12.7. The van der Waals surface area contributed by atoms with E-state index in [0.717, 1.165) is 44.8 Å². The molecule has 2 aromatic rings. The molecule has 1 heterocycles. The Morgan fingerprint density at radius 3 is 2.50 bits per heavy atom. The van der Waals surface area contributed by atoms with Crippen LogP contribution in [-0.2, 0) is 24.1 Å². The van der Waals surface area contributed by atoms with Gasteiger partial charge in [-0.15, -0.1) is 0 Å². The smallest absolute Gasteiger partial charge is 0.251 e. The number of carbonyl (C=O) groups is 1. The molecule has 28 heavy (non-hydrogen) atoms. The highest BCUT2D eigenvalue weighted by Crippen LogP contribution is 2.25. The van der Waals surface area contributed by atoms with Crippen molar-refractivity contribution in [1.29, 1.82) is 0 Å². The van der Waals surface area contributed by atoms with Crippen molar-refractivity contribution in [3.8, 4) is 0 Å². The Labute approximate surface area is 167 Å². The summed E-state index contributed by atoms with van der Waals surface area (Å²) in [6.07, 6.45) is 4.91. The van der Waals surface area contributed by atoms with E-state index in [9.17, 15) is 4.79 Å². The average molecular weight is 379 g/mol. The van der Waals surface area contributed by atoms with Crippen molar-refractivity contribution in [3.63, 3.8) is 0 Å². The van der Waals surface area contributed by atoms with Crippen LogP contribution in [0.15, 0.2) is 42.5 Å². The van der Waals surface area contributed by atoms with E-state index in [2.05, 4.69) is 47.5 Å². The van der Waals surface area contributed by atoms with Gasteiger partial charge in [0.15, 0.2) is 0 Å². The molecule has 0 spiro atoms. The van der Waals surface area contributed by atoms with Crippen LogP contribution in [0.5, 0.6) is 0 Å². The summed E-state index contributed by atoms with van der Waals surface area (Å²) in [5.41, 5.74) is 6.08. The fraction of sp³-hybridized carbons (Fsp3) is 0.458. The Kier molecular flexibility index (Phi) is 6.08. The van der Waals surface area contributed by atoms with E-state index in [0.29, 0.717) is 0 Å². The zero-order valence-corrected chi connectivity index (χ0v) is 16.7. The molecule has 148 valence electrons. The Morgan fingerprint density at radius 2 is 1.75 bits per heavy atom. The molecule has 1 saturated heterocycles. The third-order valence-electron chi connectivity index (χ3n) is 5.95. The van der Waals surface area contributed by atoms with Crippen molar-refractivity contribution < 1.29 is 9.53 Å². The average Bonchev–Trinajstić information content (AvgIpc) is 2.74. The highest BCUT2D eigenvalue weighted by molar-refractivity contribution is 5.94. The standard InChI is InChI=1S/C24H30N2O2/c1-18(22-11-10-20-4-2-3-5-23(20)16-22)25-24(27)21-8-6-19(7-9-21)17-26-12-14-28-15-13-26/h6-11,16,18H,2-5,12-15,17H2,1H3,(H,25,27). The minimum Gasteiger partial charge on any atom is -0.379 e. The molecule has 0 saturated carbocycles. The van der Waals surface area contributed by atoms with Gasteiger partial charge >= 0.3 is 0 Å². The van der Waals surface area contributed by atoms with Crippen molar-refractivity contribution >= 4 is 5.91 Å². The first-order valence-corrected chi connectivity index (χ1v) is 10.5. The summed E-state index contributed by atoms with van der Waals surface area (Å²) in [4.78, 5) is 15.1. The second-order valence-corrected chi connectivity index (χ2v) is 8.02. The summed E-state index contributed by atoms with van der Waals surface area (Å²) in [7, 11) is 0. The Bertz CT molecular complexity index is 810. The number of carbonyl (C=O) groups excluding carboxylic acids is 1. The number of aryl methyl sites for hydroxylation is 2. The number of fused-ring (bicyclic) bond motifs is 1. The van der Waals surface area contributed by atoms with E-state index >= 15 is 0 Å². The van der Waals surface area contributed by atoms with Crippen LogP contribution >= 0.6 is 0 Å². The lowest BCUT2D eigenvalue weighted by Crippen LogP contribution is -2.35. The molecule has 0 radical (unpaired) electrons. The van der Waals surface area contributed by atoms with E-state index in [1.807, 2.05) is 12.1 Å². The fourth-order valence-electron chi connectivity index (χ4n) is 4.17. The van der Waals surface area contributed by atoms with Crippen molar-refractivity contribution in [1.82, 2.24) is 10.2 Å². The summed E-state index contributed by atoms with van der Waals surface area (Å²) >= 11 is 0. The highest BCUT2D eigenvalue weighted by atomic mass is 16.5. The number of hydrogen-bond acceptors (Lipinski definition) is 3. The van der Waals surface area contributed by atoms with Gasteiger partial charge in [0.05, 0.1) is 19.3 Å². The van der Waals surface area contributed by atoms with E-state index in [1.54, 1.807) is 0 Å². The molecule has 4 heteroatoms. The predicted molar refractivity (Wildman–Crippen MR) is 112 cm³/mol. The van der Waals surface area contributed by atoms with Gasteiger partial charge in [0.1, 0.15) is 0 Å². The summed E-state index contributed by atoms with van der Waals surface area (Å²) in [6.45, 7) is 6.54. The van der Waals surface area contributed by atoms with Crippen LogP contribution in [0.25, 0.3) is 0 Å². The zero-order valence-electron chi connectivity index (χ0n) is 16.7. The largest absolute Gasteiger partial charge is 0.379 e. The quantitative estimate of drug-likeness (QED) is 0.858. The molecule has 1 aliphatic carbocycles. The van der Waals surface area contributed by atoms with E-state index in [1.165, 1.54) is 41.5 Å². The fourth-order valence-corrected chi connectivity index (χ4v) is 4.17. The second-order valence-electron chi connectivity index (χ2n) is 8.02. The molecule has 2 aromatic carbocycles. The minimum absolute atomic E-state index is 0.00718. The summed E-state index contributed by atoms with van der Waals surface area (Å²) < 4.78 is 5.40. The van der Waals surface area contributed by atoms with Crippen LogP contribution in [0, 0.1) is 0 Å². The van der Waals surface area contributed by atoms with Crippen LogP contribution in [0.3, 0.4) is 0 Å². The SMILES string of the molecule is CC(NC(=O)c1ccc(CN2CCOCC2)cc1)c1ccc2c(c1)CCCC2. The molecule has 4 nitrogen and oxygen atoms in total. The van der Waals surface area contributed by atoms with Crippen LogP contribution in [0.1, 0.15) is 58.4 Å². The number of morpholine rings is 1. The van der Waals surface area contributed by atoms with Gasteiger partial charge in [-0.1, -0.05) is 30.3 Å². The highest BCUT2D eigenvalue weighted by Gasteiger charge is 2.15. The number of nitrogens with zero attached hydrogens (tertiary/aromatic N) is 1. The minimum atomic E-state index is -0.0110. The Hall–Kier alpha value is -2.17. The van der Waals surface area contributed by atoms with E-state index < -0.39 is 0 Å². The summed E-state index contributed by atoms with van der Waals surface area (Å²) in [5, 5.41) is 3.15. The van der Waals surface area contributed by atoms with Gasteiger partial charge in [-0.3, -0.25) is 9.69 Å². The molecule has 1 amide bonds. The molecular formula is C24H30N2O2. The number of ether oxygens (including phenoxy) is 1. The molecule has 1 unspecified atom stereocenters. The molecule has 0 bridgehead atoms. The number of nitrogens with one attached hydrogen (secondary N) is 1. The normalized spacial score (nSPS) is 18.3. The lowest BCUT2D eigenvalue weighted by atomic mass is 9.89. The number of amides is 1. The molecule has 0 aromatic heterocycles. The number of hydrogen-bond donors (Lipinski definition) is 1. The number of rotatable bonds is 5. The summed E-state index contributed by atoms with van der Waals surface area (Å²) in [6, 6.07) is 14.7. The molecule has 2 aliphatic rings. The van der Waals surface area contributed by atoms with Crippen LogP contribution in [0.2, 0.25) is 0 Å². The topological polar surface area (TPSA) is 41.6 Å². The number of benzene rings is 2. The Morgan fingerprint density at radius 1 is 1.04 bits per heavy atom. The third-order valence-corrected chi connectivity index (χ3v) is 5.95. The molecule has 4 rings (SSSR count). The van der Waals surface area contributed by atoms with Gasteiger partial charge in [-0.25, -0.2) is 0 Å². The van der Waals surface area contributed by atoms with Gasteiger partial charge in [0.2, 0.25) is 0 Å². The Balaban J connectivity index is 1.36. The second kappa shape index (κ2) is 8.89. The first kappa shape index (κ1) is 19.2. The third kappa shape index (κ3) is 4.62. The van der Waals surface area contributed by atoms with Crippen molar-refractivity contribution in [2.24, 2.45) is 0 Å². The first-order valence-electron chi connectivity index (χ1n) is 10.5.